The third-order valence-corrected chi connectivity index (χ3v) is 5.38. The maximum Gasteiger partial charge on any atom is 0.159 e. The highest BCUT2D eigenvalue weighted by Gasteiger charge is 2.18. The zero-order chi connectivity index (χ0) is 18.6. The van der Waals surface area contributed by atoms with Crippen molar-refractivity contribution < 1.29 is 5.11 Å². The number of aryl methyl sites for hydroxylation is 1. The van der Waals surface area contributed by atoms with Crippen LogP contribution in [0.3, 0.4) is 0 Å². The highest BCUT2D eigenvalue weighted by atomic mass is 35.5. The predicted molar refractivity (Wildman–Crippen MR) is 109 cm³/mol. The van der Waals surface area contributed by atoms with E-state index >= 15 is 0 Å². The van der Waals surface area contributed by atoms with Gasteiger partial charge in [-0.2, -0.15) is 0 Å². The van der Waals surface area contributed by atoms with Crippen LogP contribution in [0.4, 0.5) is 0 Å². The van der Waals surface area contributed by atoms with Gasteiger partial charge in [0.15, 0.2) is 5.82 Å². The second kappa shape index (κ2) is 8.20. The fourth-order valence-electron chi connectivity index (χ4n) is 3.72. The number of aromatic nitrogens is 2. The van der Waals surface area contributed by atoms with Gasteiger partial charge in [0.2, 0.25) is 0 Å². The lowest BCUT2D eigenvalue weighted by molar-refractivity contribution is 0.299. The smallest absolute Gasteiger partial charge is 0.159 e. The zero-order valence-corrected chi connectivity index (χ0v) is 16.0. The van der Waals surface area contributed by atoms with E-state index in [0.717, 1.165) is 41.9 Å². The number of hydrogen-bond acceptors (Lipinski definition) is 3. The Morgan fingerprint density at radius 3 is 2.48 bits per heavy atom. The molecule has 0 radical (unpaired) electrons. The van der Waals surface area contributed by atoms with Gasteiger partial charge >= 0.3 is 0 Å². The second-order valence-electron chi connectivity index (χ2n) is 7.10. The number of nitrogens with zero attached hydrogens (tertiary/aromatic N) is 2. The molecule has 1 aliphatic rings. The van der Waals surface area contributed by atoms with Gasteiger partial charge in [0.05, 0.1) is 5.69 Å². The molecule has 0 spiro atoms. The van der Waals surface area contributed by atoms with Crippen molar-refractivity contribution in [2.75, 3.05) is 6.61 Å². The van der Waals surface area contributed by atoms with Crippen molar-refractivity contribution in [3.8, 4) is 11.4 Å². The molecule has 0 bridgehead atoms. The van der Waals surface area contributed by atoms with Crippen molar-refractivity contribution in [3.63, 3.8) is 0 Å². The van der Waals surface area contributed by atoms with Gasteiger partial charge < -0.3 is 5.11 Å². The summed E-state index contributed by atoms with van der Waals surface area (Å²) < 4.78 is 0. The number of fused-ring (bicyclic) bond motifs is 1. The van der Waals surface area contributed by atoms with Gasteiger partial charge in [-0.15, -0.1) is 0 Å². The molecular formula is C23H23ClN2O. The van der Waals surface area contributed by atoms with Crippen molar-refractivity contribution >= 4 is 11.6 Å². The normalized spacial score (nSPS) is 13.4. The summed E-state index contributed by atoms with van der Waals surface area (Å²) in [6.45, 7) is 0.182. The summed E-state index contributed by atoms with van der Waals surface area (Å²) in [6, 6.07) is 16.2. The van der Waals surface area contributed by atoms with Crippen molar-refractivity contribution in [2.45, 2.75) is 38.5 Å². The first-order chi connectivity index (χ1) is 13.2. The maximum atomic E-state index is 9.09. The Kier molecular flexibility index (Phi) is 5.51. The molecule has 1 aromatic heterocycles. The quantitative estimate of drug-likeness (QED) is 0.693. The van der Waals surface area contributed by atoms with E-state index in [2.05, 4.69) is 24.3 Å². The molecule has 0 saturated carbocycles. The molecule has 4 rings (SSSR count). The molecule has 0 fully saturated rings. The van der Waals surface area contributed by atoms with Crippen LogP contribution in [0.5, 0.6) is 0 Å². The number of aliphatic hydroxyl groups is 1. The van der Waals surface area contributed by atoms with Gasteiger partial charge in [0, 0.05) is 29.3 Å². The minimum Gasteiger partial charge on any atom is -0.396 e. The Labute approximate surface area is 165 Å². The second-order valence-corrected chi connectivity index (χ2v) is 7.54. The van der Waals surface area contributed by atoms with Crippen LogP contribution in [-0.2, 0) is 25.7 Å². The summed E-state index contributed by atoms with van der Waals surface area (Å²) in [5.74, 6) is 0.769. The van der Waals surface area contributed by atoms with Crippen molar-refractivity contribution in [2.24, 2.45) is 0 Å². The van der Waals surface area contributed by atoms with Gasteiger partial charge in [-0.1, -0.05) is 48.0 Å². The van der Waals surface area contributed by atoms with Crippen LogP contribution in [0.25, 0.3) is 11.4 Å². The molecule has 138 valence electrons. The van der Waals surface area contributed by atoms with Crippen molar-refractivity contribution in [3.05, 3.63) is 81.6 Å². The van der Waals surface area contributed by atoms with Crippen LogP contribution in [0.15, 0.2) is 48.5 Å². The van der Waals surface area contributed by atoms with E-state index < -0.39 is 0 Å². The number of halogens is 1. The Morgan fingerprint density at radius 1 is 0.926 bits per heavy atom. The van der Waals surface area contributed by atoms with E-state index in [1.807, 2.05) is 24.3 Å². The predicted octanol–water partition coefficient (Wildman–Crippen LogP) is 4.80. The van der Waals surface area contributed by atoms with Gasteiger partial charge in [-0.3, -0.25) is 0 Å². The fraction of sp³-hybridized carbons (Fsp3) is 0.304. The molecule has 0 saturated heterocycles. The van der Waals surface area contributed by atoms with E-state index in [1.165, 1.54) is 29.7 Å². The molecule has 3 aromatic rings. The Hall–Kier alpha value is -2.23. The Balaban J connectivity index is 1.71. The number of rotatable bonds is 5. The number of hydrogen-bond donors (Lipinski definition) is 1. The Bertz CT molecular complexity index is 938. The number of benzene rings is 2. The standard InChI is InChI=1S/C23H23ClN2O/c24-19-5-3-4-18(15-19)23-25-21-7-2-1-6-20(21)22(26-23)14-17-10-8-16(9-11-17)12-13-27/h3-5,8-11,15,27H,1-2,6-7,12-14H2. The minimum absolute atomic E-state index is 0.182. The minimum atomic E-state index is 0.182. The topological polar surface area (TPSA) is 46.0 Å². The average Bonchev–Trinajstić information content (AvgIpc) is 2.69. The highest BCUT2D eigenvalue weighted by molar-refractivity contribution is 6.30. The first-order valence-corrected chi connectivity index (χ1v) is 9.94. The molecule has 3 nitrogen and oxygen atoms in total. The van der Waals surface area contributed by atoms with E-state index in [4.69, 9.17) is 26.7 Å². The summed E-state index contributed by atoms with van der Waals surface area (Å²) in [6.07, 6.45) is 5.97. The maximum absolute atomic E-state index is 9.09. The van der Waals surface area contributed by atoms with E-state index in [-0.39, 0.29) is 6.61 Å². The first kappa shape index (κ1) is 18.1. The molecule has 1 aliphatic carbocycles. The SMILES string of the molecule is OCCc1ccc(Cc2nc(-c3cccc(Cl)c3)nc3c2CCCC3)cc1. The zero-order valence-electron chi connectivity index (χ0n) is 15.3. The molecule has 0 amide bonds. The van der Waals surface area contributed by atoms with E-state index in [0.29, 0.717) is 11.4 Å². The third-order valence-electron chi connectivity index (χ3n) is 5.15. The van der Waals surface area contributed by atoms with Gasteiger partial charge in [-0.25, -0.2) is 9.97 Å². The highest BCUT2D eigenvalue weighted by Crippen LogP contribution is 2.28. The summed E-state index contributed by atoms with van der Waals surface area (Å²) in [5, 5.41) is 9.79. The molecule has 0 atom stereocenters. The first-order valence-electron chi connectivity index (χ1n) is 9.56. The van der Waals surface area contributed by atoms with Crippen LogP contribution in [0, 0.1) is 0 Å². The van der Waals surface area contributed by atoms with Gasteiger partial charge in [0.1, 0.15) is 0 Å². The summed E-state index contributed by atoms with van der Waals surface area (Å²) in [7, 11) is 0. The lowest BCUT2D eigenvalue weighted by Gasteiger charge is -2.19. The van der Waals surface area contributed by atoms with Crippen molar-refractivity contribution in [1.29, 1.82) is 0 Å². The van der Waals surface area contributed by atoms with E-state index in [1.54, 1.807) is 0 Å². The molecule has 4 heteroatoms. The summed E-state index contributed by atoms with van der Waals surface area (Å²) >= 11 is 6.17. The monoisotopic (exact) mass is 378 g/mol. The molecule has 2 aromatic carbocycles. The average molecular weight is 379 g/mol. The van der Waals surface area contributed by atoms with Crippen molar-refractivity contribution in [1.82, 2.24) is 9.97 Å². The molecule has 27 heavy (non-hydrogen) atoms. The summed E-state index contributed by atoms with van der Waals surface area (Å²) in [5.41, 5.74) is 7.01. The van der Waals surface area contributed by atoms with Gasteiger partial charge in [-0.05, 0) is 60.9 Å². The third kappa shape index (κ3) is 4.20. The number of aliphatic hydroxyl groups excluding tert-OH is 1. The van der Waals surface area contributed by atoms with Crippen LogP contribution in [0.2, 0.25) is 5.02 Å². The molecule has 1 N–H and O–H groups in total. The fourth-order valence-corrected chi connectivity index (χ4v) is 3.91. The molecule has 1 heterocycles. The van der Waals surface area contributed by atoms with Crippen LogP contribution in [-0.4, -0.2) is 21.7 Å². The summed E-state index contributed by atoms with van der Waals surface area (Å²) in [4.78, 5) is 9.81. The van der Waals surface area contributed by atoms with Crippen LogP contribution < -0.4 is 0 Å². The van der Waals surface area contributed by atoms with Crippen LogP contribution in [0.1, 0.15) is 40.9 Å². The Morgan fingerprint density at radius 2 is 1.70 bits per heavy atom. The van der Waals surface area contributed by atoms with Crippen LogP contribution >= 0.6 is 11.6 Å². The lowest BCUT2D eigenvalue weighted by Crippen LogP contribution is -2.13. The molecular weight excluding hydrogens is 356 g/mol. The van der Waals surface area contributed by atoms with E-state index in [9.17, 15) is 0 Å². The lowest BCUT2D eigenvalue weighted by atomic mass is 9.92. The largest absolute Gasteiger partial charge is 0.396 e. The molecule has 0 aliphatic heterocycles. The molecule has 0 unspecified atom stereocenters. The van der Waals surface area contributed by atoms with Gasteiger partial charge in [0.25, 0.3) is 0 Å².